The van der Waals surface area contributed by atoms with Crippen molar-refractivity contribution >= 4 is 33.2 Å². The number of nitrogens with zero attached hydrogens (tertiary/aromatic N) is 1. The van der Waals surface area contributed by atoms with E-state index in [1.54, 1.807) is 59.5 Å². The Bertz CT molecular complexity index is 1260. The lowest BCUT2D eigenvalue weighted by Crippen LogP contribution is -2.41. The number of nitrogens with one attached hydrogen (secondary N) is 2. The molecule has 2 amide bonds. The van der Waals surface area contributed by atoms with E-state index >= 15 is 0 Å². The molecule has 0 unspecified atom stereocenters. The smallest absolute Gasteiger partial charge is 0.261 e. The lowest BCUT2D eigenvalue weighted by atomic mass is 10.1. The third-order valence-corrected chi connectivity index (χ3v) is 6.55. The van der Waals surface area contributed by atoms with Crippen LogP contribution in [0.2, 0.25) is 0 Å². The molecule has 0 aliphatic carbocycles. The molecule has 0 atom stereocenters. The topological polar surface area (TPSA) is 105 Å². The van der Waals surface area contributed by atoms with Crippen LogP contribution < -0.4 is 10.0 Å². The zero-order chi connectivity index (χ0) is 23.3. The zero-order valence-corrected chi connectivity index (χ0v) is 18.5. The second kappa shape index (κ2) is 9.85. The molecule has 1 heterocycles. The fourth-order valence-electron chi connectivity index (χ4n) is 3.48. The molecule has 1 fully saturated rings. The first-order chi connectivity index (χ1) is 16.0. The molecule has 0 aromatic heterocycles. The van der Waals surface area contributed by atoms with Crippen LogP contribution in [0.4, 0.5) is 11.4 Å². The van der Waals surface area contributed by atoms with Crippen molar-refractivity contribution < 1.29 is 22.7 Å². The van der Waals surface area contributed by atoms with Crippen LogP contribution in [0, 0.1) is 0 Å². The molecule has 170 valence electrons. The van der Waals surface area contributed by atoms with Gasteiger partial charge in [0.1, 0.15) is 0 Å². The SMILES string of the molecule is O=C(Nc1ccccc1C(=O)N1CCOCC1)c1ccccc1NS(=O)(=O)c1ccccc1. The second-order valence-corrected chi connectivity index (χ2v) is 9.05. The van der Waals surface area contributed by atoms with Crippen molar-refractivity contribution in [2.75, 3.05) is 36.3 Å². The Morgan fingerprint density at radius 2 is 1.33 bits per heavy atom. The summed E-state index contributed by atoms with van der Waals surface area (Å²) in [6.07, 6.45) is 0. The molecule has 3 aromatic rings. The Balaban J connectivity index is 1.58. The highest BCUT2D eigenvalue weighted by molar-refractivity contribution is 7.92. The maximum atomic E-state index is 13.1. The molecule has 1 aliphatic heterocycles. The summed E-state index contributed by atoms with van der Waals surface area (Å²) in [5.41, 5.74) is 0.969. The second-order valence-electron chi connectivity index (χ2n) is 7.37. The quantitative estimate of drug-likeness (QED) is 0.582. The monoisotopic (exact) mass is 465 g/mol. The van der Waals surface area contributed by atoms with Gasteiger partial charge in [0.15, 0.2) is 0 Å². The number of carbonyl (C=O) groups is 2. The molecular weight excluding hydrogens is 442 g/mol. The third kappa shape index (κ3) is 5.21. The Kier molecular flexibility index (Phi) is 6.71. The Labute approximate surface area is 192 Å². The number of amides is 2. The highest BCUT2D eigenvalue weighted by atomic mass is 32.2. The van der Waals surface area contributed by atoms with E-state index in [4.69, 9.17) is 4.74 Å². The fourth-order valence-corrected chi connectivity index (χ4v) is 4.58. The molecule has 0 saturated carbocycles. The molecule has 9 heteroatoms. The maximum Gasteiger partial charge on any atom is 0.261 e. The molecule has 2 N–H and O–H groups in total. The summed E-state index contributed by atoms with van der Waals surface area (Å²) >= 11 is 0. The number of benzene rings is 3. The van der Waals surface area contributed by atoms with E-state index in [1.165, 1.54) is 24.3 Å². The fraction of sp³-hybridized carbons (Fsp3) is 0.167. The van der Waals surface area contributed by atoms with Crippen LogP contribution in [-0.4, -0.2) is 51.4 Å². The maximum absolute atomic E-state index is 13.1. The molecule has 0 spiro atoms. The van der Waals surface area contributed by atoms with Crippen molar-refractivity contribution in [3.63, 3.8) is 0 Å². The minimum atomic E-state index is -3.88. The van der Waals surface area contributed by atoms with Gasteiger partial charge < -0.3 is 15.0 Å². The van der Waals surface area contributed by atoms with E-state index in [1.807, 2.05) is 0 Å². The van der Waals surface area contributed by atoms with Gasteiger partial charge in [-0.05, 0) is 36.4 Å². The van der Waals surface area contributed by atoms with Crippen molar-refractivity contribution in [2.45, 2.75) is 4.90 Å². The molecule has 3 aromatic carbocycles. The van der Waals surface area contributed by atoms with Crippen LogP contribution in [0.5, 0.6) is 0 Å². The van der Waals surface area contributed by atoms with Gasteiger partial charge in [-0.3, -0.25) is 14.3 Å². The van der Waals surface area contributed by atoms with Gasteiger partial charge in [-0.15, -0.1) is 0 Å². The Morgan fingerprint density at radius 1 is 0.758 bits per heavy atom. The number of sulfonamides is 1. The molecule has 0 bridgehead atoms. The van der Waals surface area contributed by atoms with Crippen molar-refractivity contribution in [1.29, 1.82) is 0 Å². The first kappa shape index (κ1) is 22.5. The van der Waals surface area contributed by atoms with E-state index in [-0.39, 0.29) is 22.1 Å². The minimum absolute atomic E-state index is 0.0849. The van der Waals surface area contributed by atoms with E-state index in [0.717, 1.165) is 0 Å². The highest BCUT2D eigenvalue weighted by Gasteiger charge is 2.23. The molecule has 1 saturated heterocycles. The van der Waals surface area contributed by atoms with Crippen molar-refractivity contribution in [3.05, 3.63) is 90.0 Å². The van der Waals surface area contributed by atoms with Crippen LogP contribution in [0.25, 0.3) is 0 Å². The van der Waals surface area contributed by atoms with Gasteiger partial charge in [-0.2, -0.15) is 0 Å². The van der Waals surface area contributed by atoms with Crippen LogP contribution in [0.1, 0.15) is 20.7 Å². The van der Waals surface area contributed by atoms with Gasteiger partial charge in [0, 0.05) is 13.1 Å². The van der Waals surface area contributed by atoms with Crippen molar-refractivity contribution in [2.24, 2.45) is 0 Å². The minimum Gasteiger partial charge on any atom is -0.378 e. The van der Waals surface area contributed by atoms with Crippen LogP contribution in [-0.2, 0) is 14.8 Å². The number of para-hydroxylation sites is 2. The third-order valence-electron chi connectivity index (χ3n) is 5.17. The molecule has 0 radical (unpaired) electrons. The number of hydrogen-bond donors (Lipinski definition) is 2. The predicted molar refractivity (Wildman–Crippen MR) is 125 cm³/mol. The van der Waals surface area contributed by atoms with E-state index in [9.17, 15) is 18.0 Å². The summed E-state index contributed by atoms with van der Waals surface area (Å²) in [6.45, 7) is 1.89. The van der Waals surface area contributed by atoms with Crippen molar-refractivity contribution in [3.8, 4) is 0 Å². The van der Waals surface area contributed by atoms with Gasteiger partial charge in [0.25, 0.3) is 21.8 Å². The number of anilines is 2. The van der Waals surface area contributed by atoms with E-state index < -0.39 is 15.9 Å². The van der Waals surface area contributed by atoms with Crippen LogP contribution >= 0.6 is 0 Å². The average Bonchev–Trinajstić information content (AvgIpc) is 2.85. The van der Waals surface area contributed by atoms with Gasteiger partial charge in [-0.25, -0.2) is 8.42 Å². The largest absolute Gasteiger partial charge is 0.378 e. The highest BCUT2D eigenvalue weighted by Crippen LogP contribution is 2.23. The summed E-state index contributed by atoms with van der Waals surface area (Å²) in [6, 6.07) is 20.9. The zero-order valence-electron chi connectivity index (χ0n) is 17.7. The summed E-state index contributed by atoms with van der Waals surface area (Å²) in [5.74, 6) is -0.740. The van der Waals surface area contributed by atoms with Gasteiger partial charge >= 0.3 is 0 Å². The number of ether oxygens (including phenoxy) is 1. The van der Waals surface area contributed by atoms with Gasteiger partial charge in [0.2, 0.25) is 0 Å². The van der Waals surface area contributed by atoms with E-state index in [0.29, 0.717) is 37.6 Å². The standard InChI is InChI=1S/C24H23N3O5S/c28-23(25-21-12-6-5-11-20(21)24(29)27-14-16-32-17-15-27)19-10-4-7-13-22(19)26-33(30,31)18-8-2-1-3-9-18/h1-13,26H,14-17H2,(H,25,28). The molecular formula is C24H23N3O5S. The molecule has 4 rings (SSSR count). The summed E-state index contributed by atoms with van der Waals surface area (Å²) in [4.78, 5) is 27.9. The number of rotatable bonds is 6. The van der Waals surface area contributed by atoms with E-state index in [2.05, 4.69) is 10.0 Å². The summed E-state index contributed by atoms with van der Waals surface area (Å²) < 4.78 is 33.3. The number of carbonyl (C=O) groups excluding carboxylic acids is 2. The number of morpholine rings is 1. The van der Waals surface area contributed by atoms with Crippen LogP contribution in [0.15, 0.2) is 83.8 Å². The normalized spacial score (nSPS) is 13.9. The lowest BCUT2D eigenvalue weighted by Gasteiger charge is -2.27. The summed E-state index contributed by atoms with van der Waals surface area (Å²) in [7, 11) is -3.88. The first-order valence-corrected chi connectivity index (χ1v) is 11.9. The molecule has 33 heavy (non-hydrogen) atoms. The van der Waals surface area contributed by atoms with Gasteiger partial charge in [0.05, 0.1) is 40.6 Å². The van der Waals surface area contributed by atoms with Crippen LogP contribution in [0.3, 0.4) is 0 Å². The van der Waals surface area contributed by atoms with Gasteiger partial charge in [-0.1, -0.05) is 42.5 Å². The van der Waals surface area contributed by atoms with Crippen molar-refractivity contribution in [1.82, 2.24) is 4.90 Å². The Morgan fingerprint density at radius 3 is 2.03 bits per heavy atom. The molecule has 1 aliphatic rings. The molecule has 8 nitrogen and oxygen atoms in total. The summed E-state index contributed by atoms with van der Waals surface area (Å²) in [5, 5.41) is 2.76. The number of hydrogen-bond acceptors (Lipinski definition) is 5. The Hall–Kier alpha value is -3.69. The first-order valence-electron chi connectivity index (χ1n) is 10.4. The average molecular weight is 466 g/mol. The predicted octanol–water partition coefficient (Wildman–Crippen LogP) is 3.21. The lowest BCUT2D eigenvalue weighted by molar-refractivity contribution is 0.0303.